The maximum Gasteiger partial charge on any atom is 0.266 e. The summed E-state index contributed by atoms with van der Waals surface area (Å²) in [7, 11) is -8.42. The van der Waals surface area contributed by atoms with Crippen LogP contribution < -0.4 is 25.0 Å². The van der Waals surface area contributed by atoms with E-state index >= 15 is 0 Å². The predicted octanol–water partition coefficient (Wildman–Crippen LogP) is 4.90. The van der Waals surface area contributed by atoms with Gasteiger partial charge in [0.25, 0.3) is 16.0 Å². The Balaban J connectivity index is 1.66. The van der Waals surface area contributed by atoms with E-state index in [9.17, 15) is 31.5 Å². The number of carbonyl (C=O) groups excluding carboxylic acids is 2. The van der Waals surface area contributed by atoms with Gasteiger partial charge in [0.15, 0.2) is 6.61 Å². The van der Waals surface area contributed by atoms with Crippen LogP contribution >= 0.6 is 11.8 Å². The first-order valence-corrected chi connectivity index (χ1v) is 21.0. The Morgan fingerprint density at radius 3 is 2.27 bits per heavy atom. The number of carbonyl (C=O) groups is 2. The molecule has 4 rings (SSSR count). The number of anilines is 2. The Labute approximate surface area is 304 Å². The summed E-state index contributed by atoms with van der Waals surface area (Å²) in [6, 6.07) is 17.0. The van der Waals surface area contributed by atoms with Gasteiger partial charge in [0.05, 0.1) is 21.9 Å². The molecule has 16 heteroatoms. The number of sulfonamides is 1. The fourth-order valence-electron chi connectivity index (χ4n) is 5.96. The normalized spacial score (nSPS) is 15.6. The highest BCUT2D eigenvalue weighted by Crippen LogP contribution is 2.44. The van der Waals surface area contributed by atoms with Crippen molar-refractivity contribution in [2.45, 2.75) is 73.7 Å². The molecule has 1 aliphatic rings. The Morgan fingerprint density at radius 1 is 1.04 bits per heavy atom. The molecular formula is C35H46N4O9S3. The van der Waals surface area contributed by atoms with Gasteiger partial charge in [-0.15, -0.1) is 11.8 Å². The highest BCUT2D eigenvalue weighted by Gasteiger charge is 2.42. The van der Waals surface area contributed by atoms with Gasteiger partial charge in [-0.1, -0.05) is 69.9 Å². The van der Waals surface area contributed by atoms with Crippen LogP contribution in [-0.2, 0) is 29.7 Å². The quantitative estimate of drug-likeness (QED) is 0.0929. The molecule has 0 radical (unpaired) electrons. The number of ether oxygens (including phenoxy) is 1. The van der Waals surface area contributed by atoms with Crippen LogP contribution in [0.15, 0.2) is 76.5 Å². The number of nitrogens with one attached hydrogen (secondary N) is 3. The number of aromatic hydroxyl groups is 1. The standard InChI is InChI=1S/C35H46N4O9S3/c1-4-6-17-35(18-7-5-2)24-39(26-11-9-8-10-12-26)28-21-30(49-3)29(22-31(28)51(46,47)38-35)48-23-32(41)37-33(25-13-15-27(40)16-14-25)34(42)36-19-20-50(43,44)45/h8-16,21-22,33,38,40H,4-7,17-20,23-24H2,1-3H3,(H,36,42)(H,37,41)(H,43,44,45). The molecule has 3 aromatic carbocycles. The molecular weight excluding hydrogens is 717 g/mol. The van der Waals surface area contributed by atoms with Crippen molar-refractivity contribution in [3.8, 4) is 11.5 Å². The molecule has 0 spiro atoms. The fraction of sp³-hybridized carbons (Fsp3) is 0.429. The maximum absolute atomic E-state index is 14.3. The van der Waals surface area contributed by atoms with Crippen molar-refractivity contribution in [3.63, 3.8) is 0 Å². The summed E-state index contributed by atoms with van der Waals surface area (Å²) in [5, 5.41) is 14.6. The monoisotopic (exact) mass is 762 g/mol. The number of phenols is 1. The van der Waals surface area contributed by atoms with Crippen LogP contribution in [0.1, 0.15) is 64.0 Å². The minimum Gasteiger partial charge on any atom is -0.508 e. The number of unbranched alkanes of at least 4 members (excludes halogenated alkanes) is 2. The zero-order chi connectivity index (χ0) is 37.2. The summed E-state index contributed by atoms with van der Waals surface area (Å²) < 4.78 is 68.9. The molecule has 2 amide bonds. The molecule has 278 valence electrons. The first-order chi connectivity index (χ1) is 24.2. The molecule has 0 aliphatic carbocycles. The fourth-order valence-corrected chi connectivity index (χ4v) is 8.53. The lowest BCUT2D eigenvalue weighted by Gasteiger charge is -2.37. The summed E-state index contributed by atoms with van der Waals surface area (Å²) in [4.78, 5) is 28.9. The van der Waals surface area contributed by atoms with E-state index in [2.05, 4.69) is 29.2 Å². The van der Waals surface area contributed by atoms with Crippen LogP contribution in [-0.4, -0.2) is 75.6 Å². The van der Waals surface area contributed by atoms with E-state index in [-0.39, 0.29) is 22.0 Å². The van der Waals surface area contributed by atoms with Crippen molar-refractivity contribution in [1.82, 2.24) is 15.4 Å². The van der Waals surface area contributed by atoms with Crippen molar-refractivity contribution in [2.24, 2.45) is 0 Å². The lowest BCUT2D eigenvalue weighted by Crippen LogP contribution is -2.53. The van der Waals surface area contributed by atoms with Crippen LogP contribution in [0.25, 0.3) is 0 Å². The number of fused-ring (bicyclic) bond motifs is 1. The minimum absolute atomic E-state index is 0.00890. The topological polar surface area (TPSA) is 191 Å². The van der Waals surface area contributed by atoms with Gasteiger partial charge < -0.3 is 25.4 Å². The van der Waals surface area contributed by atoms with Gasteiger partial charge in [0.2, 0.25) is 15.9 Å². The van der Waals surface area contributed by atoms with E-state index < -0.39 is 62.4 Å². The molecule has 1 heterocycles. The van der Waals surface area contributed by atoms with Crippen LogP contribution in [0.3, 0.4) is 0 Å². The molecule has 0 saturated heterocycles. The molecule has 1 atom stereocenters. The lowest BCUT2D eigenvalue weighted by atomic mass is 9.87. The largest absolute Gasteiger partial charge is 0.508 e. The number of benzene rings is 3. The third-order valence-corrected chi connectivity index (χ3v) is 11.6. The number of hydrogen-bond acceptors (Lipinski definition) is 10. The number of amides is 2. The maximum atomic E-state index is 14.3. The van der Waals surface area contributed by atoms with E-state index in [1.807, 2.05) is 41.5 Å². The van der Waals surface area contributed by atoms with Gasteiger partial charge >= 0.3 is 0 Å². The van der Waals surface area contributed by atoms with Gasteiger partial charge in [0, 0.05) is 24.8 Å². The second-order valence-electron chi connectivity index (χ2n) is 12.4. The minimum atomic E-state index is -4.34. The molecule has 1 unspecified atom stereocenters. The van der Waals surface area contributed by atoms with E-state index in [4.69, 9.17) is 9.29 Å². The predicted molar refractivity (Wildman–Crippen MR) is 198 cm³/mol. The third kappa shape index (κ3) is 10.8. The van der Waals surface area contributed by atoms with Crippen molar-refractivity contribution in [3.05, 3.63) is 72.3 Å². The van der Waals surface area contributed by atoms with Crippen LogP contribution in [0, 0.1) is 0 Å². The van der Waals surface area contributed by atoms with Gasteiger partial charge in [-0.05, 0) is 55.0 Å². The highest BCUT2D eigenvalue weighted by atomic mass is 32.2. The Hall–Kier alpha value is -3.83. The zero-order valence-electron chi connectivity index (χ0n) is 28.9. The highest BCUT2D eigenvalue weighted by molar-refractivity contribution is 7.98. The number of thioether (sulfide) groups is 1. The molecule has 5 N–H and O–H groups in total. The summed E-state index contributed by atoms with van der Waals surface area (Å²) in [5.74, 6) is -2.14. The van der Waals surface area contributed by atoms with E-state index in [0.717, 1.165) is 31.4 Å². The van der Waals surface area contributed by atoms with Crippen molar-refractivity contribution >= 4 is 55.1 Å². The molecule has 0 saturated carbocycles. The molecule has 0 bridgehead atoms. The Bertz CT molecular complexity index is 1870. The van der Waals surface area contributed by atoms with Crippen molar-refractivity contribution in [1.29, 1.82) is 0 Å². The first kappa shape index (κ1) is 39.9. The molecule has 51 heavy (non-hydrogen) atoms. The summed E-state index contributed by atoms with van der Waals surface area (Å²) in [6.07, 6.45) is 6.63. The number of hydrogen-bond donors (Lipinski definition) is 5. The average molecular weight is 763 g/mol. The van der Waals surface area contributed by atoms with E-state index in [0.29, 0.717) is 30.0 Å². The van der Waals surface area contributed by atoms with Crippen LogP contribution in [0.2, 0.25) is 0 Å². The van der Waals surface area contributed by atoms with Crippen molar-refractivity contribution < 1.29 is 40.8 Å². The molecule has 13 nitrogen and oxygen atoms in total. The summed E-state index contributed by atoms with van der Waals surface area (Å²) >= 11 is 1.32. The Morgan fingerprint density at radius 2 is 1.69 bits per heavy atom. The molecule has 0 fully saturated rings. The van der Waals surface area contributed by atoms with Gasteiger partial charge in [-0.2, -0.15) is 8.42 Å². The average Bonchev–Trinajstić information content (AvgIpc) is 3.19. The molecule has 0 aromatic heterocycles. The zero-order valence-corrected chi connectivity index (χ0v) is 31.4. The van der Waals surface area contributed by atoms with E-state index in [1.165, 1.54) is 42.1 Å². The van der Waals surface area contributed by atoms with Crippen LogP contribution in [0.5, 0.6) is 11.5 Å². The smallest absolute Gasteiger partial charge is 0.266 e. The second-order valence-corrected chi connectivity index (χ2v) is 16.5. The van der Waals surface area contributed by atoms with Crippen LogP contribution in [0.4, 0.5) is 11.4 Å². The number of phenolic OH excluding ortho intramolecular Hbond substituents is 1. The third-order valence-electron chi connectivity index (χ3n) is 8.53. The number of rotatable bonds is 17. The van der Waals surface area contributed by atoms with E-state index in [1.54, 1.807) is 6.07 Å². The SMILES string of the molecule is CCCCC1(CCCC)CN(c2ccccc2)c2cc(SC)c(OCC(=O)NC(C(=O)NCCS(=O)(=O)O)c3ccc(O)cc3)cc2S(=O)(=O)N1. The summed E-state index contributed by atoms with van der Waals surface area (Å²) in [5.41, 5.74) is 0.878. The molecule has 3 aromatic rings. The second kappa shape index (κ2) is 17.6. The first-order valence-electron chi connectivity index (χ1n) is 16.7. The summed E-state index contributed by atoms with van der Waals surface area (Å²) in [6.45, 7) is 3.58. The number of para-hydroxylation sites is 1. The van der Waals surface area contributed by atoms with Crippen molar-refractivity contribution in [2.75, 3.05) is 36.6 Å². The van der Waals surface area contributed by atoms with Gasteiger partial charge in [-0.25, -0.2) is 13.1 Å². The van der Waals surface area contributed by atoms with Gasteiger partial charge in [0.1, 0.15) is 22.4 Å². The Kier molecular flexibility index (Phi) is 13.8. The lowest BCUT2D eigenvalue weighted by molar-refractivity contribution is -0.130. The number of nitrogens with zero attached hydrogens (tertiary/aromatic N) is 1. The molecule has 1 aliphatic heterocycles. The van der Waals surface area contributed by atoms with Gasteiger partial charge in [-0.3, -0.25) is 14.1 Å².